The number of hydrogen-bond acceptors (Lipinski definition) is 4. The molecule has 1 aromatic carbocycles. The molecule has 0 aliphatic carbocycles. The van der Waals surface area contributed by atoms with Crippen molar-refractivity contribution in [2.75, 3.05) is 18.0 Å². The number of benzene rings is 1. The van der Waals surface area contributed by atoms with Gasteiger partial charge in [0.1, 0.15) is 5.82 Å². The summed E-state index contributed by atoms with van der Waals surface area (Å²) in [7, 11) is 0. The molecule has 1 unspecified atom stereocenters. The summed E-state index contributed by atoms with van der Waals surface area (Å²) in [5.74, 6) is 0.809. The van der Waals surface area contributed by atoms with Crippen LogP contribution in [0.1, 0.15) is 37.8 Å². The number of nitrogens with one attached hydrogen (secondary N) is 2. The Bertz CT molecular complexity index is 751. The van der Waals surface area contributed by atoms with Crippen molar-refractivity contribution in [1.82, 2.24) is 15.3 Å². The number of nitrogens with zero attached hydrogens (tertiary/aromatic N) is 2. The number of rotatable bonds is 5. The van der Waals surface area contributed by atoms with Gasteiger partial charge in [-0.1, -0.05) is 37.3 Å². The fourth-order valence-corrected chi connectivity index (χ4v) is 3.30. The van der Waals surface area contributed by atoms with Crippen molar-refractivity contribution >= 4 is 11.7 Å². The molecule has 0 spiro atoms. The van der Waals surface area contributed by atoms with Gasteiger partial charge < -0.3 is 15.2 Å². The lowest BCUT2D eigenvalue weighted by molar-refractivity contribution is -0.126. The third-order valence-electron chi connectivity index (χ3n) is 4.78. The maximum absolute atomic E-state index is 12.6. The summed E-state index contributed by atoms with van der Waals surface area (Å²) in [4.78, 5) is 32.8. The first-order chi connectivity index (χ1) is 12.2. The molecule has 3 rings (SSSR count). The van der Waals surface area contributed by atoms with Crippen LogP contribution in [0.3, 0.4) is 0 Å². The molecule has 0 radical (unpaired) electrons. The van der Waals surface area contributed by atoms with Gasteiger partial charge in [-0.3, -0.25) is 9.59 Å². The van der Waals surface area contributed by atoms with Crippen LogP contribution in [0.4, 0.5) is 5.82 Å². The first kappa shape index (κ1) is 17.2. The van der Waals surface area contributed by atoms with Crippen LogP contribution in [0.25, 0.3) is 0 Å². The summed E-state index contributed by atoms with van der Waals surface area (Å²) in [5, 5.41) is 3.19. The van der Waals surface area contributed by atoms with E-state index in [4.69, 9.17) is 0 Å². The molecule has 6 heteroatoms. The SMILES string of the molecule is CCC(NC(=O)C1CCN(c2cc(=O)[nH]cn2)CC1)c1ccccc1. The fraction of sp³-hybridized carbons (Fsp3) is 0.421. The molecule has 0 saturated carbocycles. The van der Waals surface area contributed by atoms with Crippen LogP contribution in [0.15, 0.2) is 47.5 Å². The molecule has 1 saturated heterocycles. The highest BCUT2D eigenvalue weighted by Crippen LogP contribution is 2.23. The van der Waals surface area contributed by atoms with E-state index in [2.05, 4.69) is 39.2 Å². The zero-order chi connectivity index (χ0) is 17.6. The van der Waals surface area contributed by atoms with Crippen molar-refractivity contribution < 1.29 is 4.79 Å². The van der Waals surface area contributed by atoms with Gasteiger partial charge in [0, 0.05) is 25.1 Å². The second-order valence-corrected chi connectivity index (χ2v) is 6.41. The molecule has 1 amide bonds. The fourth-order valence-electron chi connectivity index (χ4n) is 3.30. The summed E-state index contributed by atoms with van der Waals surface area (Å²) >= 11 is 0. The molecular formula is C19H24N4O2. The number of anilines is 1. The standard InChI is InChI=1S/C19H24N4O2/c1-2-16(14-6-4-3-5-7-14)22-19(25)15-8-10-23(11-9-15)17-12-18(24)21-13-20-17/h3-7,12-13,15-16H,2,8-11H2,1H3,(H,22,25)(H,20,21,24). The van der Waals surface area contributed by atoms with Crippen LogP contribution < -0.4 is 15.8 Å². The molecule has 1 aliphatic heterocycles. The van der Waals surface area contributed by atoms with Crippen molar-refractivity contribution in [1.29, 1.82) is 0 Å². The van der Waals surface area contributed by atoms with Crippen molar-refractivity contribution in [3.63, 3.8) is 0 Å². The maximum Gasteiger partial charge on any atom is 0.252 e. The van der Waals surface area contributed by atoms with E-state index in [9.17, 15) is 9.59 Å². The lowest BCUT2D eigenvalue weighted by atomic mass is 9.94. The maximum atomic E-state index is 12.6. The van der Waals surface area contributed by atoms with Gasteiger partial charge in [-0.15, -0.1) is 0 Å². The summed E-state index contributed by atoms with van der Waals surface area (Å²) in [6, 6.07) is 11.6. The third kappa shape index (κ3) is 4.26. The quantitative estimate of drug-likeness (QED) is 0.875. The van der Waals surface area contributed by atoms with Gasteiger partial charge in [0.15, 0.2) is 0 Å². The van der Waals surface area contributed by atoms with Crippen LogP contribution in [-0.2, 0) is 4.79 Å². The van der Waals surface area contributed by atoms with Gasteiger partial charge in [0.25, 0.3) is 5.56 Å². The number of carbonyl (C=O) groups is 1. The van der Waals surface area contributed by atoms with E-state index in [1.165, 1.54) is 12.4 Å². The molecule has 2 heterocycles. The summed E-state index contributed by atoms with van der Waals surface area (Å²) in [5.41, 5.74) is 0.988. The average Bonchev–Trinajstić information content (AvgIpc) is 2.67. The molecule has 1 atom stereocenters. The van der Waals surface area contributed by atoms with E-state index in [0.717, 1.165) is 37.9 Å². The number of hydrogen-bond donors (Lipinski definition) is 2. The summed E-state index contributed by atoms with van der Waals surface area (Å²) in [6.45, 7) is 3.55. The highest BCUT2D eigenvalue weighted by molar-refractivity contribution is 5.79. The Morgan fingerprint density at radius 1 is 1.32 bits per heavy atom. The second-order valence-electron chi connectivity index (χ2n) is 6.41. The number of piperidine rings is 1. The highest BCUT2D eigenvalue weighted by Gasteiger charge is 2.27. The minimum atomic E-state index is -0.154. The Balaban J connectivity index is 1.57. The molecule has 1 aliphatic rings. The molecule has 1 fully saturated rings. The predicted molar refractivity (Wildman–Crippen MR) is 97.4 cm³/mol. The van der Waals surface area contributed by atoms with Gasteiger partial charge in [-0.05, 0) is 24.8 Å². The number of aromatic amines is 1. The predicted octanol–water partition coefficient (Wildman–Crippen LogP) is 2.25. The third-order valence-corrected chi connectivity index (χ3v) is 4.78. The number of carbonyl (C=O) groups excluding carboxylic acids is 1. The van der Waals surface area contributed by atoms with Gasteiger partial charge in [0.05, 0.1) is 12.4 Å². The minimum Gasteiger partial charge on any atom is -0.356 e. The monoisotopic (exact) mass is 340 g/mol. The Hall–Kier alpha value is -2.63. The number of H-pyrrole nitrogens is 1. The van der Waals surface area contributed by atoms with Crippen LogP contribution >= 0.6 is 0 Å². The van der Waals surface area contributed by atoms with Crippen LogP contribution in [0.5, 0.6) is 0 Å². The number of aromatic nitrogens is 2. The van der Waals surface area contributed by atoms with Crippen molar-refractivity contribution in [3.05, 3.63) is 58.6 Å². The molecular weight excluding hydrogens is 316 g/mol. The summed E-state index contributed by atoms with van der Waals surface area (Å²) in [6.07, 6.45) is 3.82. The molecule has 6 nitrogen and oxygen atoms in total. The Labute approximate surface area is 147 Å². The van der Waals surface area contributed by atoms with Crippen molar-refractivity contribution in [2.24, 2.45) is 5.92 Å². The van der Waals surface area contributed by atoms with E-state index < -0.39 is 0 Å². The first-order valence-electron chi connectivity index (χ1n) is 8.82. The highest BCUT2D eigenvalue weighted by atomic mass is 16.2. The molecule has 1 aromatic heterocycles. The van der Waals surface area contributed by atoms with E-state index in [1.807, 2.05) is 18.2 Å². The largest absolute Gasteiger partial charge is 0.356 e. The first-order valence-corrected chi connectivity index (χ1v) is 8.82. The molecule has 0 bridgehead atoms. The van der Waals surface area contributed by atoms with Gasteiger partial charge in [-0.25, -0.2) is 4.98 Å². The molecule has 132 valence electrons. The van der Waals surface area contributed by atoms with Crippen LogP contribution in [0.2, 0.25) is 0 Å². The van der Waals surface area contributed by atoms with E-state index in [0.29, 0.717) is 5.82 Å². The molecule has 2 N–H and O–H groups in total. The minimum absolute atomic E-state index is 0.0102. The van der Waals surface area contributed by atoms with Gasteiger partial charge >= 0.3 is 0 Å². The zero-order valence-electron chi connectivity index (χ0n) is 14.4. The lowest BCUT2D eigenvalue weighted by Crippen LogP contribution is -2.42. The topological polar surface area (TPSA) is 78.1 Å². The molecule has 25 heavy (non-hydrogen) atoms. The lowest BCUT2D eigenvalue weighted by Gasteiger charge is -2.32. The van der Waals surface area contributed by atoms with E-state index in [1.54, 1.807) is 0 Å². The van der Waals surface area contributed by atoms with E-state index >= 15 is 0 Å². The van der Waals surface area contributed by atoms with Crippen molar-refractivity contribution in [3.8, 4) is 0 Å². The average molecular weight is 340 g/mol. The Morgan fingerprint density at radius 3 is 2.68 bits per heavy atom. The van der Waals surface area contributed by atoms with Crippen LogP contribution in [-0.4, -0.2) is 29.0 Å². The van der Waals surface area contributed by atoms with Crippen molar-refractivity contribution in [2.45, 2.75) is 32.2 Å². The smallest absolute Gasteiger partial charge is 0.252 e. The number of amides is 1. The Kier molecular flexibility index (Phi) is 5.48. The Morgan fingerprint density at radius 2 is 2.04 bits per heavy atom. The zero-order valence-corrected chi connectivity index (χ0v) is 14.4. The van der Waals surface area contributed by atoms with E-state index in [-0.39, 0.29) is 23.4 Å². The molecule has 2 aromatic rings. The van der Waals surface area contributed by atoms with Gasteiger partial charge in [0.2, 0.25) is 5.91 Å². The summed E-state index contributed by atoms with van der Waals surface area (Å²) < 4.78 is 0. The van der Waals surface area contributed by atoms with Crippen LogP contribution in [0, 0.1) is 5.92 Å². The second kappa shape index (κ2) is 7.96. The van der Waals surface area contributed by atoms with Gasteiger partial charge in [-0.2, -0.15) is 0 Å². The normalized spacial score (nSPS) is 16.4.